The average molecular weight is 352 g/mol. The van der Waals surface area contributed by atoms with Crippen LogP contribution in [0.25, 0.3) is 0 Å². The van der Waals surface area contributed by atoms with Crippen molar-refractivity contribution in [3.63, 3.8) is 0 Å². The molecule has 1 aliphatic rings. The highest BCUT2D eigenvalue weighted by molar-refractivity contribution is 9.10. The SMILES string of the molecule is C[C@@H]1CNC[C@H]1C(=O)Nc1c(Cl)cc(Br)cc1Cl. The van der Waals surface area contributed by atoms with Gasteiger partial charge in [0.2, 0.25) is 5.91 Å². The average Bonchev–Trinajstić information content (AvgIpc) is 2.69. The third-order valence-corrected chi connectivity index (χ3v) is 4.16. The maximum Gasteiger partial charge on any atom is 0.229 e. The van der Waals surface area contributed by atoms with E-state index in [9.17, 15) is 4.79 Å². The van der Waals surface area contributed by atoms with Gasteiger partial charge in [-0.3, -0.25) is 4.79 Å². The summed E-state index contributed by atoms with van der Waals surface area (Å²) in [6.07, 6.45) is 0. The molecule has 2 atom stereocenters. The molecule has 0 radical (unpaired) electrons. The molecular weight excluding hydrogens is 339 g/mol. The van der Waals surface area contributed by atoms with Crippen LogP contribution < -0.4 is 10.6 Å². The number of amides is 1. The maximum absolute atomic E-state index is 12.1. The van der Waals surface area contributed by atoms with E-state index in [0.717, 1.165) is 11.0 Å². The molecule has 1 aromatic rings. The lowest BCUT2D eigenvalue weighted by molar-refractivity contribution is -0.120. The van der Waals surface area contributed by atoms with Gasteiger partial charge in [-0.15, -0.1) is 0 Å². The van der Waals surface area contributed by atoms with Crippen molar-refractivity contribution in [1.29, 1.82) is 0 Å². The van der Waals surface area contributed by atoms with Gasteiger partial charge in [-0.2, -0.15) is 0 Å². The Hall–Kier alpha value is -0.290. The fraction of sp³-hybridized carbons (Fsp3) is 0.417. The quantitative estimate of drug-likeness (QED) is 0.855. The van der Waals surface area contributed by atoms with Crippen LogP contribution in [0, 0.1) is 11.8 Å². The predicted molar refractivity (Wildman–Crippen MR) is 78.3 cm³/mol. The van der Waals surface area contributed by atoms with E-state index in [0.29, 0.717) is 28.2 Å². The molecule has 2 rings (SSSR count). The molecule has 6 heteroatoms. The van der Waals surface area contributed by atoms with Crippen LogP contribution in [0.1, 0.15) is 6.92 Å². The molecule has 2 N–H and O–H groups in total. The fourth-order valence-corrected chi connectivity index (χ4v) is 3.34. The van der Waals surface area contributed by atoms with Crippen molar-refractivity contribution in [3.05, 3.63) is 26.7 Å². The van der Waals surface area contributed by atoms with Gasteiger partial charge in [-0.1, -0.05) is 46.1 Å². The van der Waals surface area contributed by atoms with Crippen LogP contribution in [0.4, 0.5) is 5.69 Å². The van der Waals surface area contributed by atoms with E-state index >= 15 is 0 Å². The van der Waals surface area contributed by atoms with Crippen LogP contribution >= 0.6 is 39.1 Å². The van der Waals surface area contributed by atoms with Gasteiger partial charge in [-0.05, 0) is 24.6 Å². The summed E-state index contributed by atoms with van der Waals surface area (Å²) >= 11 is 15.5. The topological polar surface area (TPSA) is 41.1 Å². The molecule has 0 spiro atoms. The smallest absolute Gasteiger partial charge is 0.229 e. The lowest BCUT2D eigenvalue weighted by Crippen LogP contribution is -2.28. The van der Waals surface area contributed by atoms with Gasteiger partial charge in [-0.25, -0.2) is 0 Å². The minimum absolute atomic E-state index is 0.0409. The molecule has 0 saturated carbocycles. The molecule has 1 saturated heterocycles. The fourth-order valence-electron chi connectivity index (χ4n) is 2.04. The summed E-state index contributed by atoms with van der Waals surface area (Å²) in [6.45, 7) is 3.60. The third-order valence-electron chi connectivity index (χ3n) is 3.11. The van der Waals surface area contributed by atoms with Crippen molar-refractivity contribution in [2.24, 2.45) is 11.8 Å². The Bertz CT molecular complexity index is 458. The number of anilines is 1. The minimum atomic E-state index is -0.0429. The summed E-state index contributed by atoms with van der Waals surface area (Å²) in [6, 6.07) is 3.42. The second-order valence-corrected chi connectivity index (χ2v) is 6.21. The Morgan fingerprint density at radius 2 is 2.00 bits per heavy atom. The second-order valence-electron chi connectivity index (χ2n) is 4.48. The molecular formula is C12H13BrCl2N2O. The molecule has 1 aromatic carbocycles. The van der Waals surface area contributed by atoms with Crippen LogP contribution in [0.2, 0.25) is 10.0 Å². The number of hydrogen-bond acceptors (Lipinski definition) is 2. The number of carbonyl (C=O) groups is 1. The van der Waals surface area contributed by atoms with Crippen molar-refractivity contribution in [3.8, 4) is 0 Å². The molecule has 18 heavy (non-hydrogen) atoms. The number of halogens is 3. The highest BCUT2D eigenvalue weighted by Gasteiger charge is 2.30. The Balaban J connectivity index is 2.17. The normalized spacial score (nSPS) is 23.1. The molecule has 0 aromatic heterocycles. The van der Waals surface area contributed by atoms with E-state index in [1.54, 1.807) is 12.1 Å². The van der Waals surface area contributed by atoms with Crippen LogP contribution in [-0.2, 0) is 4.79 Å². The lowest BCUT2D eigenvalue weighted by Gasteiger charge is -2.16. The van der Waals surface area contributed by atoms with Crippen molar-refractivity contribution < 1.29 is 4.79 Å². The summed E-state index contributed by atoms with van der Waals surface area (Å²) in [5, 5.41) is 6.87. The summed E-state index contributed by atoms with van der Waals surface area (Å²) in [5.74, 6) is 0.234. The molecule has 0 unspecified atom stereocenters. The number of benzene rings is 1. The predicted octanol–water partition coefficient (Wildman–Crippen LogP) is 3.55. The van der Waals surface area contributed by atoms with Crippen molar-refractivity contribution in [2.75, 3.05) is 18.4 Å². The first kappa shape index (κ1) is 14.1. The van der Waals surface area contributed by atoms with Gasteiger partial charge >= 0.3 is 0 Å². The molecule has 3 nitrogen and oxygen atoms in total. The van der Waals surface area contributed by atoms with E-state index in [1.165, 1.54) is 0 Å². The standard InChI is InChI=1S/C12H13BrCl2N2O/c1-6-4-16-5-8(6)12(18)17-11-9(14)2-7(13)3-10(11)15/h2-3,6,8,16H,4-5H2,1H3,(H,17,18)/t6-,8-/m1/s1. The van der Waals surface area contributed by atoms with E-state index in [1.807, 2.05) is 0 Å². The monoisotopic (exact) mass is 350 g/mol. The van der Waals surface area contributed by atoms with E-state index in [-0.39, 0.29) is 11.8 Å². The van der Waals surface area contributed by atoms with Gasteiger partial charge in [0.25, 0.3) is 0 Å². The molecule has 0 bridgehead atoms. The summed E-state index contributed by atoms with van der Waals surface area (Å²) in [5.41, 5.74) is 0.477. The van der Waals surface area contributed by atoms with E-state index in [4.69, 9.17) is 23.2 Å². The van der Waals surface area contributed by atoms with Gasteiger partial charge in [0.05, 0.1) is 21.7 Å². The zero-order valence-electron chi connectivity index (χ0n) is 9.77. The van der Waals surface area contributed by atoms with Crippen LogP contribution in [0.15, 0.2) is 16.6 Å². The zero-order valence-corrected chi connectivity index (χ0v) is 12.9. The van der Waals surface area contributed by atoms with Crippen LogP contribution in [-0.4, -0.2) is 19.0 Å². The molecule has 1 amide bonds. The van der Waals surface area contributed by atoms with Crippen LogP contribution in [0.3, 0.4) is 0 Å². The Kier molecular flexibility index (Phi) is 4.54. The van der Waals surface area contributed by atoms with Crippen molar-refractivity contribution in [1.82, 2.24) is 5.32 Å². The summed E-state index contributed by atoms with van der Waals surface area (Å²) in [7, 11) is 0. The van der Waals surface area contributed by atoms with Crippen molar-refractivity contribution >= 4 is 50.7 Å². The lowest BCUT2D eigenvalue weighted by atomic mass is 9.97. The number of rotatable bonds is 2. The minimum Gasteiger partial charge on any atom is -0.323 e. The van der Waals surface area contributed by atoms with Crippen LogP contribution in [0.5, 0.6) is 0 Å². The van der Waals surface area contributed by atoms with Crippen molar-refractivity contribution in [2.45, 2.75) is 6.92 Å². The van der Waals surface area contributed by atoms with Gasteiger partial charge in [0.15, 0.2) is 0 Å². The second kappa shape index (κ2) is 5.78. The highest BCUT2D eigenvalue weighted by Crippen LogP contribution is 2.34. The number of carbonyl (C=O) groups excluding carboxylic acids is 1. The first-order valence-corrected chi connectivity index (χ1v) is 7.20. The number of hydrogen-bond donors (Lipinski definition) is 2. The largest absolute Gasteiger partial charge is 0.323 e. The third kappa shape index (κ3) is 2.99. The van der Waals surface area contributed by atoms with Gasteiger partial charge in [0, 0.05) is 11.0 Å². The zero-order chi connectivity index (χ0) is 13.3. The summed E-state index contributed by atoms with van der Waals surface area (Å²) in [4.78, 5) is 12.1. The first-order chi connectivity index (χ1) is 8.49. The Morgan fingerprint density at radius 3 is 2.50 bits per heavy atom. The molecule has 1 heterocycles. The molecule has 1 fully saturated rings. The highest BCUT2D eigenvalue weighted by atomic mass is 79.9. The maximum atomic E-state index is 12.1. The number of nitrogens with one attached hydrogen (secondary N) is 2. The summed E-state index contributed by atoms with van der Waals surface area (Å²) < 4.78 is 0.784. The van der Waals surface area contributed by atoms with E-state index in [2.05, 4.69) is 33.5 Å². The Labute approximate surface area is 124 Å². The molecule has 98 valence electrons. The van der Waals surface area contributed by atoms with E-state index < -0.39 is 0 Å². The molecule has 0 aliphatic carbocycles. The van der Waals surface area contributed by atoms with Gasteiger partial charge in [0.1, 0.15) is 0 Å². The molecule has 1 aliphatic heterocycles. The first-order valence-electron chi connectivity index (χ1n) is 5.65. The van der Waals surface area contributed by atoms with Gasteiger partial charge < -0.3 is 10.6 Å². The Morgan fingerprint density at radius 1 is 1.39 bits per heavy atom.